The predicted octanol–water partition coefficient (Wildman–Crippen LogP) is 3.49. The van der Waals surface area contributed by atoms with E-state index < -0.39 is 0 Å². The number of nitrogens with two attached hydrogens (primary N) is 1. The quantitative estimate of drug-likeness (QED) is 0.656. The highest BCUT2D eigenvalue weighted by molar-refractivity contribution is 9.10. The molecule has 7 heteroatoms. The van der Waals surface area contributed by atoms with Crippen LogP contribution in [0.1, 0.15) is 36.5 Å². The van der Waals surface area contributed by atoms with Crippen LogP contribution in [-0.2, 0) is 0 Å². The summed E-state index contributed by atoms with van der Waals surface area (Å²) in [5, 5.41) is 6.94. The lowest BCUT2D eigenvalue weighted by molar-refractivity contribution is 0.478. The lowest BCUT2D eigenvalue weighted by Crippen LogP contribution is -2.30. The molecule has 0 aliphatic heterocycles. The molecule has 0 aliphatic rings. The average Bonchev–Trinajstić information content (AvgIpc) is 2.88. The predicted molar refractivity (Wildman–Crippen MR) is 78.8 cm³/mol. The molecule has 3 N–H and O–H groups in total. The number of hydrogen-bond donors (Lipinski definition) is 2. The van der Waals surface area contributed by atoms with Crippen LogP contribution in [0.25, 0.3) is 0 Å². The van der Waals surface area contributed by atoms with E-state index in [9.17, 15) is 0 Å². The number of nitrogens with zero attached hydrogens (tertiary/aromatic N) is 2. The molecule has 0 fully saturated rings. The van der Waals surface area contributed by atoms with Crippen molar-refractivity contribution in [3.63, 3.8) is 0 Å². The minimum absolute atomic E-state index is 0.154. The molecule has 2 aromatic heterocycles. The third-order valence-corrected chi connectivity index (χ3v) is 4.64. The first kappa shape index (κ1) is 14.0. The van der Waals surface area contributed by atoms with Crippen LogP contribution in [0.3, 0.4) is 0 Å². The molecule has 98 valence electrons. The van der Waals surface area contributed by atoms with Gasteiger partial charge in [0.25, 0.3) is 0 Å². The van der Waals surface area contributed by atoms with Crippen LogP contribution in [0.4, 0.5) is 0 Å². The highest BCUT2D eigenvalue weighted by Gasteiger charge is 2.23. The number of thiophene rings is 1. The van der Waals surface area contributed by atoms with Crippen LogP contribution in [0.5, 0.6) is 0 Å². The van der Waals surface area contributed by atoms with Crippen LogP contribution >= 0.6 is 38.9 Å². The van der Waals surface area contributed by atoms with Crippen LogP contribution in [-0.4, -0.2) is 9.78 Å². The molecule has 18 heavy (non-hydrogen) atoms. The number of nitrogens with one attached hydrogen (secondary N) is 1. The molecular formula is C11H14BrClN4S. The van der Waals surface area contributed by atoms with E-state index in [4.69, 9.17) is 17.4 Å². The molecule has 1 atom stereocenters. The van der Waals surface area contributed by atoms with Gasteiger partial charge in [0.2, 0.25) is 0 Å². The van der Waals surface area contributed by atoms with E-state index >= 15 is 0 Å². The van der Waals surface area contributed by atoms with Crippen molar-refractivity contribution in [1.29, 1.82) is 0 Å². The van der Waals surface area contributed by atoms with E-state index in [1.54, 1.807) is 17.5 Å². The first-order valence-electron chi connectivity index (χ1n) is 5.47. The van der Waals surface area contributed by atoms with E-state index in [1.165, 1.54) is 0 Å². The van der Waals surface area contributed by atoms with Crippen molar-refractivity contribution < 1.29 is 0 Å². The van der Waals surface area contributed by atoms with Gasteiger partial charge in [-0.2, -0.15) is 5.10 Å². The van der Waals surface area contributed by atoms with Crippen molar-refractivity contribution in [1.82, 2.24) is 15.2 Å². The number of rotatable bonds is 4. The summed E-state index contributed by atoms with van der Waals surface area (Å²) in [6.45, 7) is 4.12. The molecule has 0 amide bonds. The molecule has 0 aliphatic carbocycles. The second-order valence-corrected chi connectivity index (χ2v) is 6.45. The molecule has 2 heterocycles. The Morgan fingerprint density at radius 1 is 1.56 bits per heavy atom. The summed E-state index contributed by atoms with van der Waals surface area (Å²) >= 11 is 11.3. The lowest BCUT2D eigenvalue weighted by Gasteiger charge is -2.19. The fraction of sp³-hybridized carbons (Fsp3) is 0.364. The maximum absolute atomic E-state index is 6.23. The number of hydrazine groups is 1. The van der Waals surface area contributed by atoms with Gasteiger partial charge in [0.05, 0.1) is 23.0 Å². The van der Waals surface area contributed by atoms with Crippen molar-refractivity contribution in [3.8, 4) is 0 Å². The molecule has 0 spiro atoms. The Labute approximate surface area is 123 Å². The van der Waals surface area contributed by atoms with Crippen molar-refractivity contribution in [2.75, 3.05) is 0 Å². The van der Waals surface area contributed by atoms with Crippen molar-refractivity contribution in [3.05, 3.63) is 37.7 Å². The van der Waals surface area contributed by atoms with E-state index in [1.807, 2.05) is 16.1 Å². The Kier molecular flexibility index (Phi) is 4.45. The average molecular weight is 350 g/mol. The molecule has 0 radical (unpaired) electrons. The highest BCUT2D eigenvalue weighted by atomic mass is 79.9. The van der Waals surface area contributed by atoms with Gasteiger partial charge in [-0.1, -0.05) is 11.6 Å². The van der Waals surface area contributed by atoms with Gasteiger partial charge in [0, 0.05) is 20.8 Å². The molecule has 0 bridgehead atoms. The SMILES string of the molecule is CC(C)n1ncc(Cl)c1C(NN)c1cc(Br)cs1. The summed E-state index contributed by atoms with van der Waals surface area (Å²) in [4.78, 5) is 1.09. The van der Waals surface area contributed by atoms with Gasteiger partial charge in [0.15, 0.2) is 0 Å². The fourth-order valence-corrected chi connectivity index (χ4v) is 3.55. The summed E-state index contributed by atoms with van der Waals surface area (Å²) < 4.78 is 2.93. The van der Waals surface area contributed by atoms with Crippen molar-refractivity contribution >= 4 is 38.9 Å². The summed E-state index contributed by atoms with van der Waals surface area (Å²) in [5.41, 5.74) is 3.71. The van der Waals surface area contributed by atoms with Crippen LogP contribution in [0.2, 0.25) is 5.02 Å². The van der Waals surface area contributed by atoms with Gasteiger partial charge >= 0.3 is 0 Å². The summed E-state index contributed by atoms with van der Waals surface area (Å²) in [5.74, 6) is 5.68. The molecule has 1 unspecified atom stereocenters. The summed E-state index contributed by atoms with van der Waals surface area (Å²) in [6.07, 6.45) is 1.66. The zero-order valence-corrected chi connectivity index (χ0v) is 13.2. The van der Waals surface area contributed by atoms with Gasteiger partial charge in [-0.25, -0.2) is 5.43 Å². The Morgan fingerprint density at radius 3 is 2.78 bits per heavy atom. The second kappa shape index (κ2) is 5.71. The van der Waals surface area contributed by atoms with E-state index in [2.05, 4.69) is 40.3 Å². The molecule has 0 aromatic carbocycles. The monoisotopic (exact) mass is 348 g/mol. The molecule has 0 saturated heterocycles. The molecule has 4 nitrogen and oxygen atoms in total. The van der Waals surface area contributed by atoms with Crippen molar-refractivity contribution in [2.24, 2.45) is 5.84 Å². The minimum atomic E-state index is -0.154. The highest BCUT2D eigenvalue weighted by Crippen LogP contribution is 2.34. The third kappa shape index (κ3) is 2.62. The van der Waals surface area contributed by atoms with Gasteiger partial charge in [-0.3, -0.25) is 10.5 Å². The third-order valence-electron chi connectivity index (χ3n) is 2.59. The van der Waals surface area contributed by atoms with E-state index in [0.29, 0.717) is 5.02 Å². The number of halogens is 2. The van der Waals surface area contributed by atoms with Crippen molar-refractivity contribution in [2.45, 2.75) is 25.9 Å². The van der Waals surface area contributed by atoms with E-state index in [0.717, 1.165) is 15.0 Å². The number of aromatic nitrogens is 2. The maximum Gasteiger partial charge on any atom is 0.0985 e. The largest absolute Gasteiger partial charge is 0.270 e. The molecule has 0 saturated carbocycles. The molecule has 2 rings (SSSR count). The second-order valence-electron chi connectivity index (χ2n) is 4.18. The topological polar surface area (TPSA) is 55.9 Å². The maximum atomic E-state index is 6.23. The van der Waals surface area contributed by atoms with E-state index in [-0.39, 0.29) is 12.1 Å². The first-order chi connectivity index (χ1) is 8.54. The molecule has 2 aromatic rings. The Bertz CT molecular complexity index is 537. The molecular weight excluding hydrogens is 336 g/mol. The van der Waals surface area contributed by atoms with Gasteiger partial charge in [-0.05, 0) is 35.8 Å². The first-order valence-corrected chi connectivity index (χ1v) is 7.52. The minimum Gasteiger partial charge on any atom is -0.270 e. The Hall–Kier alpha value is -0.400. The lowest BCUT2D eigenvalue weighted by atomic mass is 10.1. The number of hydrogen-bond acceptors (Lipinski definition) is 4. The smallest absolute Gasteiger partial charge is 0.0985 e. The normalized spacial score (nSPS) is 13.2. The van der Waals surface area contributed by atoms with Crippen LogP contribution in [0.15, 0.2) is 22.1 Å². The summed E-state index contributed by atoms with van der Waals surface area (Å²) in [7, 11) is 0. The fourth-order valence-electron chi connectivity index (χ4n) is 1.81. The van der Waals surface area contributed by atoms with Gasteiger partial charge in [-0.15, -0.1) is 11.3 Å². The van der Waals surface area contributed by atoms with Crippen LogP contribution < -0.4 is 11.3 Å². The van der Waals surface area contributed by atoms with Gasteiger partial charge in [0.1, 0.15) is 0 Å². The standard InChI is InChI=1S/C11H14BrClN4S/c1-6(2)17-11(8(13)4-15-17)10(16-14)9-3-7(12)5-18-9/h3-6,10,16H,14H2,1-2H3. The summed E-state index contributed by atoms with van der Waals surface area (Å²) in [6, 6.07) is 2.11. The zero-order chi connectivity index (χ0) is 13.3. The Morgan fingerprint density at radius 2 is 2.28 bits per heavy atom. The zero-order valence-electron chi connectivity index (χ0n) is 10.0. The van der Waals surface area contributed by atoms with Crippen LogP contribution in [0, 0.1) is 0 Å². The Balaban J connectivity index is 2.47. The van der Waals surface area contributed by atoms with Gasteiger partial charge < -0.3 is 0 Å².